The number of ether oxygens (including phenoxy) is 1. The van der Waals surface area contributed by atoms with Gasteiger partial charge in [-0.3, -0.25) is 9.48 Å². The molecule has 0 radical (unpaired) electrons. The SMILES string of the molecule is CC(C)n1cc(-c2ccc(O[C@@H]3CC[C@@H](NC(=O)[C@]4(F)CNC5(CCC5)C4)C3)c(-c3cccc(F)c3C3CCC3)c2)c(C(=O)O)n1. The number of rotatable bonds is 9. The van der Waals surface area contributed by atoms with Crippen LogP contribution in [0.5, 0.6) is 5.75 Å². The molecule has 3 saturated carbocycles. The molecule has 8 nitrogen and oxygen atoms in total. The Labute approximate surface area is 267 Å². The second kappa shape index (κ2) is 11.8. The highest BCUT2D eigenvalue weighted by molar-refractivity contribution is 5.94. The van der Waals surface area contributed by atoms with Crippen LogP contribution in [-0.4, -0.2) is 56.7 Å². The molecule has 1 saturated heterocycles. The van der Waals surface area contributed by atoms with Crippen LogP contribution in [0.15, 0.2) is 42.6 Å². The molecule has 3 N–H and O–H groups in total. The standard InChI is InChI=1S/C36H42F2N4O4/c1-21(2)42-18-28(32(41-42)33(43)44)23-10-13-30(27(16-23)26-8-4-9-29(37)31(26)22-6-3-7-22)46-25-12-11-24(17-25)40-34(45)36(38)19-35(39-20-36)14-5-15-35/h4,8-10,13,16,18,21-22,24-25,39H,3,5-7,11-12,14-15,17,19-20H2,1-2H3,(H,40,45)(H,43,44)/t24-,25-,36-/m1/s1. The van der Waals surface area contributed by atoms with Gasteiger partial charge in [-0.15, -0.1) is 0 Å². The molecule has 1 amide bonds. The Bertz CT molecular complexity index is 1660. The largest absolute Gasteiger partial charge is 0.490 e. The van der Waals surface area contributed by atoms with Crippen molar-refractivity contribution in [3.05, 3.63) is 59.7 Å². The highest BCUT2D eigenvalue weighted by Gasteiger charge is 2.55. The zero-order chi connectivity index (χ0) is 32.2. The van der Waals surface area contributed by atoms with Gasteiger partial charge >= 0.3 is 5.97 Å². The van der Waals surface area contributed by atoms with Gasteiger partial charge in [0.15, 0.2) is 5.69 Å². The first-order chi connectivity index (χ1) is 22.0. The van der Waals surface area contributed by atoms with Crippen LogP contribution >= 0.6 is 0 Å². The first-order valence-electron chi connectivity index (χ1n) is 16.7. The lowest BCUT2D eigenvalue weighted by Gasteiger charge is -2.38. The quantitative estimate of drug-likeness (QED) is 0.236. The van der Waals surface area contributed by atoms with Crippen LogP contribution in [0.3, 0.4) is 0 Å². The molecule has 1 spiro atoms. The molecule has 1 aliphatic heterocycles. The maximum absolute atomic E-state index is 15.7. The number of nitrogens with zero attached hydrogens (tertiary/aromatic N) is 2. The number of aromatic carboxylic acids is 1. The molecule has 4 aliphatic rings. The van der Waals surface area contributed by atoms with E-state index in [1.165, 1.54) is 6.07 Å². The fourth-order valence-electron chi connectivity index (χ4n) is 7.70. The number of carboxylic acid groups (broad SMARTS) is 1. The summed E-state index contributed by atoms with van der Waals surface area (Å²) in [5.74, 6) is -1.25. The van der Waals surface area contributed by atoms with Gasteiger partial charge in [0.05, 0.1) is 0 Å². The second-order valence-electron chi connectivity index (χ2n) is 14.2. The van der Waals surface area contributed by atoms with E-state index in [0.29, 0.717) is 47.3 Å². The molecule has 0 unspecified atom stereocenters. The number of carboxylic acids is 1. The smallest absolute Gasteiger partial charge is 0.357 e. The van der Waals surface area contributed by atoms with Gasteiger partial charge in [0, 0.05) is 54.3 Å². The van der Waals surface area contributed by atoms with Crippen LogP contribution in [0.25, 0.3) is 22.3 Å². The van der Waals surface area contributed by atoms with Crippen molar-refractivity contribution in [2.75, 3.05) is 6.54 Å². The summed E-state index contributed by atoms with van der Waals surface area (Å²) >= 11 is 0. The highest BCUT2D eigenvalue weighted by Crippen LogP contribution is 2.47. The van der Waals surface area contributed by atoms with Crippen LogP contribution < -0.4 is 15.4 Å². The minimum absolute atomic E-state index is 0.0327. The number of benzene rings is 2. The zero-order valence-corrected chi connectivity index (χ0v) is 26.5. The number of nitrogens with one attached hydrogen (secondary N) is 2. The third-order valence-corrected chi connectivity index (χ3v) is 10.7. The summed E-state index contributed by atoms with van der Waals surface area (Å²) in [4.78, 5) is 25.2. The Kier molecular flexibility index (Phi) is 7.90. The van der Waals surface area contributed by atoms with Crippen LogP contribution in [0.1, 0.15) is 106 Å². The number of carbonyl (C=O) groups excluding carboxylic acids is 1. The number of amides is 1. The van der Waals surface area contributed by atoms with Gasteiger partial charge < -0.3 is 20.5 Å². The summed E-state index contributed by atoms with van der Waals surface area (Å²) in [6.45, 7) is 3.92. The van der Waals surface area contributed by atoms with Crippen LogP contribution in [0.2, 0.25) is 0 Å². The van der Waals surface area contributed by atoms with Crippen molar-refractivity contribution in [1.82, 2.24) is 20.4 Å². The van der Waals surface area contributed by atoms with Crippen molar-refractivity contribution in [2.24, 2.45) is 0 Å². The summed E-state index contributed by atoms with van der Waals surface area (Å²) in [7, 11) is 0. The second-order valence-corrected chi connectivity index (χ2v) is 14.2. The Morgan fingerprint density at radius 1 is 1.09 bits per heavy atom. The molecule has 4 fully saturated rings. The molecule has 3 aliphatic carbocycles. The van der Waals surface area contributed by atoms with E-state index in [1.807, 2.05) is 38.1 Å². The van der Waals surface area contributed by atoms with E-state index in [4.69, 9.17) is 4.74 Å². The van der Waals surface area contributed by atoms with Gasteiger partial charge in [0.1, 0.15) is 17.7 Å². The molecule has 1 aromatic heterocycles. The third kappa shape index (κ3) is 5.58. The van der Waals surface area contributed by atoms with E-state index in [0.717, 1.165) is 44.1 Å². The number of hydrogen-bond acceptors (Lipinski definition) is 5. The highest BCUT2D eigenvalue weighted by atomic mass is 19.1. The van der Waals surface area contributed by atoms with E-state index < -0.39 is 17.5 Å². The average Bonchev–Trinajstić information content (AvgIpc) is 3.71. The summed E-state index contributed by atoms with van der Waals surface area (Å²) in [6.07, 6.45) is 9.37. The average molecular weight is 633 g/mol. The molecule has 46 heavy (non-hydrogen) atoms. The molecule has 3 aromatic rings. The number of hydrogen-bond donors (Lipinski definition) is 3. The summed E-state index contributed by atoms with van der Waals surface area (Å²) in [5.41, 5.74) is 1.04. The van der Waals surface area contributed by atoms with Gasteiger partial charge in [-0.05, 0) is 99.6 Å². The zero-order valence-electron chi connectivity index (χ0n) is 26.5. The van der Waals surface area contributed by atoms with Crippen molar-refractivity contribution < 1.29 is 28.2 Å². The molecular formula is C36H42F2N4O4. The molecular weight excluding hydrogens is 590 g/mol. The van der Waals surface area contributed by atoms with Crippen LogP contribution in [0.4, 0.5) is 8.78 Å². The lowest BCUT2D eigenvalue weighted by Crippen LogP contribution is -2.49. The van der Waals surface area contributed by atoms with E-state index in [1.54, 1.807) is 16.9 Å². The predicted molar refractivity (Wildman–Crippen MR) is 170 cm³/mol. The van der Waals surface area contributed by atoms with Crippen LogP contribution in [-0.2, 0) is 4.79 Å². The Balaban J connectivity index is 1.17. The maximum Gasteiger partial charge on any atom is 0.357 e. The van der Waals surface area contributed by atoms with Gasteiger partial charge in [-0.1, -0.05) is 24.6 Å². The molecule has 0 bridgehead atoms. The summed E-state index contributed by atoms with van der Waals surface area (Å²) in [5, 5.41) is 20.5. The topological polar surface area (TPSA) is 105 Å². The van der Waals surface area contributed by atoms with Crippen molar-refractivity contribution in [3.8, 4) is 28.0 Å². The number of alkyl halides is 1. The predicted octanol–water partition coefficient (Wildman–Crippen LogP) is 6.94. The third-order valence-electron chi connectivity index (χ3n) is 10.7. The molecule has 244 valence electrons. The fraction of sp³-hybridized carbons (Fsp3) is 0.528. The van der Waals surface area contributed by atoms with Gasteiger partial charge in [-0.2, -0.15) is 5.10 Å². The van der Waals surface area contributed by atoms with Gasteiger partial charge in [0.2, 0.25) is 5.67 Å². The van der Waals surface area contributed by atoms with Gasteiger partial charge in [-0.25, -0.2) is 13.6 Å². The minimum atomic E-state index is -1.89. The Morgan fingerprint density at radius 3 is 2.54 bits per heavy atom. The van der Waals surface area contributed by atoms with Crippen molar-refractivity contribution in [2.45, 2.75) is 113 Å². The monoisotopic (exact) mass is 632 g/mol. The molecule has 3 atom stereocenters. The Hall–Kier alpha value is -3.79. The van der Waals surface area contributed by atoms with Crippen LogP contribution in [0, 0.1) is 5.82 Å². The first kappa shape index (κ1) is 30.8. The normalized spacial score (nSPS) is 25.4. The summed E-state index contributed by atoms with van der Waals surface area (Å²) < 4.78 is 39.3. The van der Waals surface area contributed by atoms with Crippen molar-refractivity contribution in [1.29, 1.82) is 0 Å². The molecule has 7 rings (SSSR count). The van der Waals surface area contributed by atoms with Gasteiger partial charge in [0.25, 0.3) is 5.91 Å². The first-order valence-corrected chi connectivity index (χ1v) is 16.7. The van der Waals surface area contributed by atoms with E-state index in [-0.39, 0.29) is 54.1 Å². The lowest BCUT2D eigenvalue weighted by molar-refractivity contribution is -0.133. The van der Waals surface area contributed by atoms with E-state index >= 15 is 8.78 Å². The lowest BCUT2D eigenvalue weighted by atomic mass is 9.74. The number of halogens is 2. The summed E-state index contributed by atoms with van der Waals surface area (Å²) in [6, 6.07) is 10.4. The van der Waals surface area contributed by atoms with E-state index in [9.17, 15) is 14.7 Å². The molecule has 2 heterocycles. The van der Waals surface area contributed by atoms with Crippen molar-refractivity contribution in [3.63, 3.8) is 0 Å². The molecule has 2 aromatic carbocycles. The Morgan fingerprint density at radius 2 is 1.89 bits per heavy atom. The molecule has 10 heteroatoms. The minimum Gasteiger partial charge on any atom is -0.490 e. The number of carbonyl (C=O) groups is 2. The maximum atomic E-state index is 15.7. The van der Waals surface area contributed by atoms with E-state index in [2.05, 4.69) is 15.7 Å². The fourth-order valence-corrected chi connectivity index (χ4v) is 7.70. The number of aromatic nitrogens is 2. The van der Waals surface area contributed by atoms with Crippen molar-refractivity contribution >= 4 is 11.9 Å².